The van der Waals surface area contributed by atoms with E-state index in [2.05, 4.69) is 4.74 Å². The van der Waals surface area contributed by atoms with Crippen molar-refractivity contribution >= 4 is 0 Å². The van der Waals surface area contributed by atoms with Gasteiger partial charge in [-0.1, -0.05) is 0 Å². The zero-order chi connectivity index (χ0) is 7.49. The maximum Gasteiger partial charge on any atom is 0.295 e. The van der Waals surface area contributed by atoms with E-state index in [1.54, 1.807) is 0 Å². The first-order valence-corrected chi connectivity index (χ1v) is 2.56. The van der Waals surface area contributed by atoms with Gasteiger partial charge in [0.2, 0.25) is 0 Å². The molecule has 0 saturated carbocycles. The van der Waals surface area contributed by atoms with Gasteiger partial charge in [-0.05, 0) is 6.92 Å². The lowest BCUT2D eigenvalue weighted by Crippen LogP contribution is -2.35. The Hall–Kier alpha value is -0.220. The molecule has 0 aromatic heterocycles. The lowest BCUT2D eigenvalue weighted by atomic mass is 10.2. The minimum atomic E-state index is -3.12. The van der Waals surface area contributed by atoms with E-state index in [4.69, 9.17) is 5.11 Å². The molecule has 0 bridgehead atoms. The standard InChI is InChI=1S/C5H10F2O2/c1-4(9-2)5(6,7)3-8/h4,8H,3H2,1-2H3. The van der Waals surface area contributed by atoms with Crippen molar-refractivity contribution < 1.29 is 18.6 Å². The summed E-state index contributed by atoms with van der Waals surface area (Å²) in [6.07, 6.45) is -1.22. The highest BCUT2D eigenvalue weighted by molar-refractivity contribution is 4.71. The van der Waals surface area contributed by atoms with Crippen molar-refractivity contribution in [3.8, 4) is 0 Å². The van der Waals surface area contributed by atoms with Crippen molar-refractivity contribution in [1.29, 1.82) is 0 Å². The molecule has 0 amide bonds. The first-order valence-electron chi connectivity index (χ1n) is 2.56. The third-order valence-corrected chi connectivity index (χ3v) is 1.16. The van der Waals surface area contributed by atoms with E-state index < -0.39 is 18.6 Å². The number of rotatable bonds is 3. The van der Waals surface area contributed by atoms with Gasteiger partial charge in [0, 0.05) is 7.11 Å². The average molecular weight is 140 g/mol. The van der Waals surface area contributed by atoms with E-state index in [0.717, 1.165) is 0 Å². The van der Waals surface area contributed by atoms with Crippen LogP contribution >= 0.6 is 0 Å². The number of hydrogen-bond donors (Lipinski definition) is 1. The Balaban J connectivity index is 3.80. The number of aliphatic hydroxyl groups excluding tert-OH is 1. The molecule has 0 aliphatic carbocycles. The molecule has 0 rings (SSSR count). The quantitative estimate of drug-likeness (QED) is 0.623. The van der Waals surface area contributed by atoms with Crippen LogP contribution in [0.2, 0.25) is 0 Å². The average Bonchev–Trinajstić information content (AvgIpc) is 1.86. The Bertz CT molecular complexity index is 85.0. The van der Waals surface area contributed by atoms with Crippen LogP contribution in [0.3, 0.4) is 0 Å². The maximum atomic E-state index is 12.2. The lowest BCUT2D eigenvalue weighted by molar-refractivity contribution is -0.141. The van der Waals surface area contributed by atoms with Crippen molar-refractivity contribution in [2.45, 2.75) is 19.0 Å². The molecule has 0 aliphatic heterocycles. The van der Waals surface area contributed by atoms with Crippen LogP contribution in [0.5, 0.6) is 0 Å². The Labute approximate surface area is 52.4 Å². The Morgan fingerprint density at radius 3 is 2.22 bits per heavy atom. The minimum Gasteiger partial charge on any atom is -0.390 e. The topological polar surface area (TPSA) is 29.5 Å². The number of aliphatic hydroxyl groups is 1. The number of methoxy groups -OCH3 is 1. The molecule has 0 spiro atoms. The summed E-state index contributed by atoms with van der Waals surface area (Å²) in [4.78, 5) is 0. The van der Waals surface area contributed by atoms with Crippen LogP contribution in [0.4, 0.5) is 8.78 Å². The highest BCUT2D eigenvalue weighted by atomic mass is 19.3. The molecule has 1 atom stereocenters. The first kappa shape index (κ1) is 8.78. The monoisotopic (exact) mass is 140 g/mol. The molecule has 56 valence electrons. The molecule has 1 N–H and O–H groups in total. The van der Waals surface area contributed by atoms with Gasteiger partial charge in [0.25, 0.3) is 5.92 Å². The van der Waals surface area contributed by atoms with Crippen LogP contribution in [-0.2, 0) is 4.74 Å². The second-order valence-electron chi connectivity index (χ2n) is 1.80. The predicted octanol–water partition coefficient (Wildman–Crippen LogP) is 0.649. The fraction of sp³-hybridized carbons (Fsp3) is 1.00. The zero-order valence-corrected chi connectivity index (χ0v) is 5.40. The van der Waals surface area contributed by atoms with E-state index >= 15 is 0 Å². The summed E-state index contributed by atoms with van der Waals surface area (Å²) in [6, 6.07) is 0. The molecule has 2 nitrogen and oxygen atoms in total. The summed E-state index contributed by atoms with van der Waals surface area (Å²) < 4.78 is 28.6. The van der Waals surface area contributed by atoms with Gasteiger partial charge in [-0.15, -0.1) is 0 Å². The summed E-state index contributed by atoms with van der Waals surface area (Å²) in [5.74, 6) is -3.12. The molecule has 0 radical (unpaired) electrons. The van der Waals surface area contributed by atoms with Crippen LogP contribution in [0.15, 0.2) is 0 Å². The Kier molecular flexibility index (Phi) is 3.00. The second-order valence-corrected chi connectivity index (χ2v) is 1.80. The van der Waals surface area contributed by atoms with Gasteiger partial charge < -0.3 is 9.84 Å². The van der Waals surface area contributed by atoms with Gasteiger partial charge in [-0.2, -0.15) is 0 Å². The third-order valence-electron chi connectivity index (χ3n) is 1.16. The normalized spacial score (nSPS) is 15.7. The summed E-state index contributed by atoms with van der Waals surface area (Å²) >= 11 is 0. The maximum absolute atomic E-state index is 12.2. The first-order chi connectivity index (χ1) is 4.04. The van der Waals surface area contributed by atoms with Crippen molar-refractivity contribution in [3.05, 3.63) is 0 Å². The van der Waals surface area contributed by atoms with Gasteiger partial charge in [0.15, 0.2) is 0 Å². The SMILES string of the molecule is COC(C)C(F)(F)CO. The van der Waals surface area contributed by atoms with E-state index in [1.807, 2.05) is 0 Å². The lowest BCUT2D eigenvalue weighted by Gasteiger charge is -2.19. The van der Waals surface area contributed by atoms with E-state index in [9.17, 15) is 8.78 Å². The Morgan fingerprint density at radius 1 is 1.67 bits per heavy atom. The zero-order valence-electron chi connectivity index (χ0n) is 5.40. The number of halogens is 2. The fourth-order valence-electron chi connectivity index (χ4n) is 0.301. The third kappa shape index (κ3) is 2.24. The molecule has 0 heterocycles. The summed E-state index contributed by atoms with van der Waals surface area (Å²) in [5, 5.41) is 8.07. The summed E-state index contributed by atoms with van der Waals surface area (Å²) in [7, 11) is 1.17. The van der Waals surface area contributed by atoms with Gasteiger partial charge in [0.05, 0.1) is 0 Å². The van der Waals surface area contributed by atoms with E-state index in [1.165, 1.54) is 14.0 Å². The Morgan fingerprint density at radius 2 is 2.11 bits per heavy atom. The number of hydrogen-bond acceptors (Lipinski definition) is 2. The largest absolute Gasteiger partial charge is 0.390 e. The van der Waals surface area contributed by atoms with Gasteiger partial charge in [-0.25, -0.2) is 8.78 Å². The van der Waals surface area contributed by atoms with Gasteiger partial charge in [0.1, 0.15) is 12.7 Å². The number of ether oxygens (including phenoxy) is 1. The molecule has 0 fully saturated rings. The molecule has 0 saturated heterocycles. The van der Waals surface area contributed by atoms with Crippen molar-refractivity contribution in [2.75, 3.05) is 13.7 Å². The van der Waals surface area contributed by atoms with Crippen LogP contribution in [0, 0.1) is 0 Å². The number of alkyl halides is 2. The minimum absolute atomic E-state index is 1.16. The second kappa shape index (κ2) is 3.08. The van der Waals surface area contributed by atoms with Crippen LogP contribution in [-0.4, -0.2) is 30.8 Å². The highest BCUT2D eigenvalue weighted by Gasteiger charge is 2.35. The van der Waals surface area contributed by atoms with Crippen LogP contribution in [0.25, 0.3) is 0 Å². The molecular weight excluding hydrogens is 130 g/mol. The predicted molar refractivity (Wildman–Crippen MR) is 28.5 cm³/mol. The fourth-order valence-corrected chi connectivity index (χ4v) is 0.301. The summed E-state index contributed by atoms with van der Waals surface area (Å²) in [6.45, 7) is 0.0399. The van der Waals surface area contributed by atoms with Gasteiger partial charge >= 0.3 is 0 Å². The van der Waals surface area contributed by atoms with Crippen molar-refractivity contribution in [1.82, 2.24) is 0 Å². The van der Waals surface area contributed by atoms with Crippen molar-refractivity contribution in [2.24, 2.45) is 0 Å². The van der Waals surface area contributed by atoms with Gasteiger partial charge in [-0.3, -0.25) is 0 Å². The molecule has 1 unspecified atom stereocenters. The molecular formula is C5H10F2O2. The molecule has 4 heteroatoms. The van der Waals surface area contributed by atoms with Crippen molar-refractivity contribution in [3.63, 3.8) is 0 Å². The summed E-state index contributed by atoms with van der Waals surface area (Å²) in [5.41, 5.74) is 0. The molecule has 0 aromatic rings. The van der Waals surface area contributed by atoms with Crippen LogP contribution < -0.4 is 0 Å². The van der Waals surface area contributed by atoms with E-state index in [-0.39, 0.29) is 0 Å². The smallest absolute Gasteiger partial charge is 0.295 e. The molecule has 0 aromatic carbocycles. The molecule has 9 heavy (non-hydrogen) atoms. The van der Waals surface area contributed by atoms with E-state index in [0.29, 0.717) is 0 Å². The molecule has 0 aliphatic rings. The highest BCUT2D eigenvalue weighted by Crippen LogP contribution is 2.18. The van der Waals surface area contributed by atoms with Crippen LogP contribution in [0.1, 0.15) is 6.92 Å².